The summed E-state index contributed by atoms with van der Waals surface area (Å²) in [6.07, 6.45) is 6.52. The lowest BCUT2D eigenvalue weighted by Crippen LogP contribution is -2.56. The minimum atomic E-state index is -0.325. The van der Waals surface area contributed by atoms with Crippen molar-refractivity contribution in [1.29, 1.82) is 0 Å². The molecule has 3 rings (SSSR count). The Hall–Kier alpha value is -1.15. The van der Waals surface area contributed by atoms with Crippen LogP contribution in [-0.2, 0) is 10.3 Å². The maximum Gasteiger partial charge on any atom is 0.157 e. The van der Waals surface area contributed by atoms with Crippen molar-refractivity contribution in [2.75, 3.05) is 13.1 Å². The molecular weight excluding hydrogens is 246 g/mol. The number of carbonyl (C=O) groups is 1. The van der Waals surface area contributed by atoms with Crippen molar-refractivity contribution in [3.8, 4) is 0 Å². The maximum atomic E-state index is 12.9. The lowest BCUT2D eigenvalue weighted by Gasteiger charge is -2.48. The number of benzene rings is 1. The third-order valence-corrected chi connectivity index (χ3v) is 5.10. The summed E-state index contributed by atoms with van der Waals surface area (Å²) in [7, 11) is 0. The Morgan fingerprint density at radius 3 is 2.65 bits per heavy atom. The molecule has 1 unspecified atom stereocenters. The van der Waals surface area contributed by atoms with Crippen LogP contribution < -0.4 is 0 Å². The number of nitrogens with zero attached hydrogens (tertiary/aromatic N) is 1. The molecule has 0 radical (unpaired) electrons. The first-order valence-electron chi connectivity index (χ1n) is 8.07. The fourth-order valence-corrected chi connectivity index (χ4v) is 4.08. The smallest absolute Gasteiger partial charge is 0.157 e. The Labute approximate surface area is 122 Å². The lowest BCUT2D eigenvalue weighted by atomic mass is 9.73. The summed E-state index contributed by atoms with van der Waals surface area (Å²) < 4.78 is 0. The maximum absolute atomic E-state index is 12.9. The molecule has 108 valence electrons. The Kier molecular flexibility index (Phi) is 3.93. The van der Waals surface area contributed by atoms with E-state index in [0.717, 1.165) is 32.4 Å². The Morgan fingerprint density at radius 1 is 1.15 bits per heavy atom. The Bertz CT molecular complexity index is 470. The van der Waals surface area contributed by atoms with E-state index in [2.05, 4.69) is 36.1 Å². The average molecular weight is 271 g/mol. The number of carbonyl (C=O) groups excluding carboxylic acids is 1. The molecule has 1 aliphatic heterocycles. The molecule has 0 amide bonds. The van der Waals surface area contributed by atoms with E-state index in [1.54, 1.807) is 0 Å². The van der Waals surface area contributed by atoms with Crippen LogP contribution in [0.4, 0.5) is 0 Å². The summed E-state index contributed by atoms with van der Waals surface area (Å²) in [5, 5.41) is 0. The SMILES string of the molecule is CC1CCCN([C@]2(c3ccccc3)CCCCC2=O)C1. The van der Waals surface area contributed by atoms with E-state index in [4.69, 9.17) is 0 Å². The molecule has 2 aliphatic rings. The molecule has 2 atom stereocenters. The van der Waals surface area contributed by atoms with Crippen LogP contribution in [0, 0.1) is 5.92 Å². The van der Waals surface area contributed by atoms with Crippen molar-refractivity contribution in [2.45, 2.75) is 51.0 Å². The lowest BCUT2D eigenvalue weighted by molar-refractivity contribution is -0.137. The van der Waals surface area contributed by atoms with Crippen LogP contribution in [0.3, 0.4) is 0 Å². The van der Waals surface area contributed by atoms with Crippen LogP contribution in [-0.4, -0.2) is 23.8 Å². The molecule has 0 N–H and O–H groups in total. The molecule has 1 saturated heterocycles. The van der Waals surface area contributed by atoms with Gasteiger partial charge >= 0.3 is 0 Å². The molecule has 1 aromatic rings. The molecule has 20 heavy (non-hydrogen) atoms. The van der Waals surface area contributed by atoms with Gasteiger partial charge in [-0.2, -0.15) is 0 Å². The Balaban J connectivity index is 2.01. The predicted octanol–water partition coefficient (Wildman–Crippen LogP) is 3.76. The van der Waals surface area contributed by atoms with Crippen molar-refractivity contribution < 1.29 is 4.79 Å². The van der Waals surface area contributed by atoms with Gasteiger partial charge in [-0.3, -0.25) is 9.69 Å². The molecule has 2 fully saturated rings. The van der Waals surface area contributed by atoms with Crippen molar-refractivity contribution in [3.05, 3.63) is 35.9 Å². The summed E-state index contributed by atoms with van der Waals surface area (Å²) in [5.41, 5.74) is 0.896. The second-order valence-corrected chi connectivity index (χ2v) is 6.55. The van der Waals surface area contributed by atoms with Crippen LogP contribution in [0.25, 0.3) is 0 Å². The van der Waals surface area contributed by atoms with Gasteiger partial charge in [0.15, 0.2) is 5.78 Å². The summed E-state index contributed by atoms with van der Waals surface area (Å²) in [5.74, 6) is 1.16. The van der Waals surface area contributed by atoms with Crippen LogP contribution in [0.15, 0.2) is 30.3 Å². The predicted molar refractivity (Wildman–Crippen MR) is 81.6 cm³/mol. The first kappa shape index (κ1) is 13.8. The highest BCUT2D eigenvalue weighted by Gasteiger charge is 2.46. The molecule has 1 aromatic carbocycles. The third kappa shape index (κ3) is 2.31. The van der Waals surface area contributed by atoms with Gasteiger partial charge in [-0.05, 0) is 43.7 Å². The fourth-order valence-electron chi connectivity index (χ4n) is 4.08. The summed E-state index contributed by atoms with van der Waals surface area (Å²) in [6, 6.07) is 10.5. The topological polar surface area (TPSA) is 20.3 Å². The number of likely N-dealkylation sites (tertiary alicyclic amines) is 1. The molecule has 1 saturated carbocycles. The molecule has 1 aliphatic carbocycles. The molecule has 2 heteroatoms. The van der Waals surface area contributed by atoms with Crippen LogP contribution >= 0.6 is 0 Å². The van der Waals surface area contributed by atoms with E-state index in [1.807, 2.05) is 6.07 Å². The zero-order valence-corrected chi connectivity index (χ0v) is 12.5. The van der Waals surface area contributed by atoms with Crippen LogP contribution in [0.5, 0.6) is 0 Å². The minimum absolute atomic E-state index is 0.325. The van der Waals surface area contributed by atoms with Crippen molar-refractivity contribution in [2.24, 2.45) is 5.92 Å². The molecular formula is C18H25NO. The normalized spacial score (nSPS) is 32.2. The highest BCUT2D eigenvalue weighted by molar-refractivity contribution is 5.90. The standard InChI is InChI=1S/C18H25NO/c1-15-8-7-13-19(14-15)18(12-6-5-11-17(18)20)16-9-3-2-4-10-16/h2-4,9-10,15H,5-8,11-14H2,1H3/t15?,18-/m0/s1. The van der Waals surface area contributed by atoms with Gasteiger partial charge in [0.25, 0.3) is 0 Å². The highest BCUT2D eigenvalue weighted by Crippen LogP contribution is 2.41. The zero-order chi connectivity index (χ0) is 14.0. The van der Waals surface area contributed by atoms with Gasteiger partial charge in [0.2, 0.25) is 0 Å². The van der Waals surface area contributed by atoms with Crippen LogP contribution in [0.2, 0.25) is 0 Å². The van der Waals surface area contributed by atoms with Gasteiger partial charge in [0, 0.05) is 13.0 Å². The van der Waals surface area contributed by atoms with Gasteiger partial charge < -0.3 is 0 Å². The first-order chi connectivity index (χ1) is 9.73. The van der Waals surface area contributed by atoms with Gasteiger partial charge in [0.05, 0.1) is 0 Å². The van der Waals surface area contributed by atoms with Gasteiger partial charge in [-0.15, -0.1) is 0 Å². The Morgan fingerprint density at radius 2 is 1.95 bits per heavy atom. The van der Waals surface area contributed by atoms with Crippen molar-refractivity contribution in [1.82, 2.24) is 4.90 Å². The minimum Gasteiger partial charge on any atom is -0.297 e. The number of Topliss-reactive ketones (excluding diaryl/α,β-unsaturated/α-hetero) is 1. The molecule has 1 heterocycles. The molecule has 0 aromatic heterocycles. The number of rotatable bonds is 2. The second kappa shape index (κ2) is 5.69. The quantitative estimate of drug-likeness (QED) is 0.816. The largest absolute Gasteiger partial charge is 0.297 e. The second-order valence-electron chi connectivity index (χ2n) is 6.55. The number of hydrogen-bond donors (Lipinski definition) is 0. The third-order valence-electron chi connectivity index (χ3n) is 5.10. The van der Waals surface area contributed by atoms with E-state index in [0.29, 0.717) is 11.7 Å². The first-order valence-corrected chi connectivity index (χ1v) is 8.07. The summed E-state index contributed by atoms with van der Waals surface area (Å²) >= 11 is 0. The zero-order valence-electron chi connectivity index (χ0n) is 12.5. The fraction of sp³-hybridized carbons (Fsp3) is 0.611. The van der Waals surface area contributed by atoms with E-state index < -0.39 is 0 Å². The van der Waals surface area contributed by atoms with Gasteiger partial charge in [-0.1, -0.05) is 43.7 Å². The molecule has 2 nitrogen and oxygen atoms in total. The average Bonchev–Trinajstić information content (AvgIpc) is 2.49. The number of ketones is 1. The highest BCUT2D eigenvalue weighted by atomic mass is 16.1. The summed E-state index contributed by atoms with van der Waals surface area (Å²) in [4.78, 5) is 15.4. The monoisotopic (exact) mass is 271 g/mol. The van der Waals surface area contributed by atoms with E-state index in [1.165, 1.54) is 24.8 Å². The van der Waals surface area contributed by atoms with E-state index >= 15 is 0 Å². The van der Waals surface area contributed by atoms with E-state index in [9.17, 15) is 4.79 Å². The molecule has 0 bridgehead atoms. The molecule has 0 spiro atoms. The van der Waals surface area contributed by atoms with E-state index in [-0.39, 0.29) is 5.54 Å². The number of hydrogen-bond acceptors (Lipinski definition) is 2. The van der Waals surface area contributed by atoms with Crippen LogP contribution in [0.1, 0.15) is 51.0 Å². The van der Waals surface area contributed by atoms with Crippen molar-refractivity contribution >= 4 is 5.78 Å². The van der Waals surface area contributed by atoms with Gasteiger partial charge in [-0.25, -0.2) is 0 Å². The van der Waals surface area contributed by atoms with Gasteiger partial charge in [0.1, 0.15) is 5.54 Å². The summed E-state index contributed by atoms with van der Waals surface area (Å²) in [6.45, 7) is 4.46. The van der Waals surface area contributed by atoms with Crippen molar-refractivity contribution in [3.63, 3.8) is 0 Å². The number of piperidine rings is 1.